The maximum Gasteiger partial charge on any atom is 0.306 e. The van der Waals surface area contributed by atoms with Crippen LogP contribution in [0.3, 0.4) is 0 Å². The van der Waals surface area contributed by atoms with Gasteiger partial charge in [-0.15, -0.1) is 0 Å². The van der Waals surface area contributed by atoms with E-state index in [1.165, 1.54) is 7.11 Å². The molecule has 1 aliphatic heterocycles. The van der Waals surface area contributed by atoms with Crippen molar-refractivity contribution in [3.8, 4) is 0 Å². The first-order chi connectivity index (χ1) is 14.1. The van der Waals surface area contributed by atoms with Crippen molar-refractivity contribution >= 4 is 23.3 Å². The second kappa shape index (κ2) is 10.4. The van der Waals surface area contributed by atoms with Gasteiger partial charge < -0.3 is 14.5 Å². The van der Waals surface area contributed by atoms with E-state index in [2.05, 4.69) is 18.7 Å². The SMILES string of the molecule is COC(=O)C[C@@H](C)c1ccc(N(CC(C)C)C2CCN(C(C)=O)CC2)c([N+](=O)[O-])c1. The highest BCUT2D eigenvalue weighted by Crippen LogP contribution is 2.36. The third kappa shape index (κ3) is 5.93. The van der Waals surface area contributed by atoms with E-state index >= 15 is 0 Å². The van der Waals surface area contributed by atoms with Crippen LogP contribution in [0.1, 0.15) is 58.4 Å². The Labute approximate surface area is 178 Å². The van der Waals surface area contributed by atoms with Crippen LogP contribution in [0.4, 0.5) is 11.4 Å². The molecule has 1 aromatic carbocycles. The number of benzene rings is 1. The average Bonchev–Trinajstić information content (AvgIpc) is 2.71. The molecule has 2 rings (SSSR count). The van der Waals surface area contributed by atoms with Crippen molar-refractivity contribution < 1.29 is 19.2 Å². The van der Waals surface area contributed by atoms with Crippen molar-refractivity contribution in [2.45, 2.75) is 58.9 Å². The van der Waals surface area contributed by atoms with Crippen molar-refractivity contribution in [2.75, 3.05) is 31.6 Å². The number of anilines is 1. The van der Waals surface area contributed by atoms with Gasteiger partial charge in [0.2, 0.25) is 5.91 Å². The Morgan fingerprint density at radius 1 is 1.27 bits per heavy atom. The Bertz CT molecular complexity index is 772. The van der Waals surface area contributed by atoms with Gasteiger partial charge in [-0.05, 0) is 36.3 Å². The Hall–Kier alpha value is -2.64. The zero-order chi connectivity index (χ0) is 22.4. The summed E-state index contributed by atoms with van der Waals surface area (Å²) in [6.07, 6.45) is 1.74. The lowest BCUT2D eigenvalue weighted by atomic mass is 9.95. The zero-order valence-corrected chi connectivity index (χ0v) is 18.6. The van der Waals surface area contributed by atoms with E-state index in [0.717, 1.165) is 18.4 Å². The number of amides is 1. The Morgan fingerprint density at radius 2 is 1.90 bits per heavy atom. The molecule has 166 valence electrons. The van der Waals surface area contributed by atoms with E-state index in [1.807, 2.05) is 17.9 Å². The van der Waals surface area contributed by atoms with Gasteiger partial charge in [0.05, 0.1) is 18.5 Å². The van der Waals surface area contributed by atoms with Crippen LogP contribution in [0.5, 0.6) is 0 Å². The number of carbonyl (C=O) groups excluding carboxylic acids is 2. The van der Waals surface area contributed by atoms with Crippen molar-refractivity contribution in [3.63, 3.8) is 0 Å². The summed E-state index contributed by atoms with van der Waals surface area (Å²) >= 11 is 0. The minimum absolute atomic E-state index is 0.0545. The van der Waals surface area contributed by atoms with E-state index in [-0.39, 0.29) is 40.9 Å². The summed E-state index contributed by atoms with van der Waals surface area (Å²) in [5.41, 5.74) is 1.40. The van der Waals surface area contributed by atoms with Crippen molar-refractivity contribution in [3.05, 3.63) is 33.9 Å². The fourth-order valence-electron chi connectivity index (χ4n) is 4.02. The first-order valence-electron chi connectivity index (χ1n) is 10.5. The van der Waals surface area contributed by atoms with Gasteiger partial charge in [0.1, 0.15) is 5.69 Å². The lowest BCUT2D eigenvalue weighted by Gasteiger charge is -2.40. The van der Waals surface area contributed by atoms with Crippen molar-refractivity contribution in [1.82, 2.24) is 4.90 Å². The van der Waals surface area contributed by atoms with Gasteiger partial charge in [-0.2, -0.15) is 0 Å². The zero-order valence-electron chi connectivity index (χ0n) is 18.6. The van der Waals surface area contributed by atoms with Crippen LogP contribution < -0.4 is 4.90 Å². The Kier molecular flexibility index (Phi) is 8.20. The summed E-state index contributed by atoms with van der Waals surface area (Å²) < 4.78 is 4.72. The molecule has 0 unspecified atom stereocenters. The van der Waals surface area contributed by atoms with Gasteiger partial charge in [-0.25, -0.2) is 0 Å². The maximum absolute atomic E-state index is 11.9. The second-order valence-electron chi connectivity index (χ2n) is 8.47. The first-order valence-corrected chi connectivity index (χ1v) is 10.5. The lowest BCUT2D eigenvalue weighted by Crippen LogP contribution is -2.47. The van der Waals surface area contributed by atoms with E-state index in [9.17, 15) is 19.7 Å². The molecule has 1 aliphatic rings. The normalized spacial score (nSPS) is 15.7. The molecule has 0 aromatic heterocycles. The van der Waals surface area contributed by atoms with Crippen LogP contribution in [0.15, 0.2) is 18.2 Å². The van der Waals surface area contributed by atoms with Crippen LogP contribution in [0, 0.1) is 16.0 Å². The van der Waals surface area contributed by atoms with Crippen LogP contribution >= 0.6 is 0 Å². The van der Waals surface area contributed by atoms with Gasteiger partial charge in [-0.3, -0.25) is 19.7 Å². The summed E-state index contributed by atoms with van der Waals surface area (Å²) in [5.74, 6) is -0.123. The molecule has 0 bridgehead atoms. The van der Waals surface area contributed by atoms with Gasteiger partial charge >= 0.3 is 5.97 Å². The number of methoxy groups -OCH3 is 1. The van der Waals surface area contributed by atoms with Gasteiger partial charge in [0, 0.05) is 38.7 Å². The smallest absolute Gasteiger partial charge is 0.306 e. The molecule has 1 aromatic rings. The third-order valence-electron chi connectivity index (χ3n) is 5.69. The maximum atomic E-state index is 11.9. The van der Waals surface area contributed by atoms with Crippen LogP contribution in [0.25, 0.3) is 0 Å². The lowest BCUT2D eigenvalue weighted by molar-refractivity contribution is -0.384. The largest absolute Gasteiger partial charge is 0.469 e. The summed E-state index contributed by atoms with van der Waals surface area (Å²) in [6, 6.07) is 5.40. The number of carbonyl (C=O) groups is 2. The average molecular weight is 420 g/mol. The minimum atomic E-state index is -0.346. The second-order valence-corrected chi connectivity index (χ2v) is 8.47. The molecule has 1 heterocycles. The molecule has 1 saturated heterocycles. The topological polar surface area (TPSA) is 93.0 Å². The number of hydrogen-bond donors (Lipinski definition) is 0. The molecule has 1 atom stereocenters. The van der Waals surface area contributed by atoms with Gasteiger partial charge in [-0.1, -0.05) is 26.8 Å². The molecule has 0 saturated carbocycles. The molecule has 1 fully saturated rings. The van der Waals surface area contributed by atoms with Gasteiger partial charge in [0.25, 0.3) is 5.69 Å². The quantitative estimate of drug-likeness (QED) is 0.362. The summed E-state index contributed by atoms with van der Waals surface area (Å²) in [5, 5.41) is 11.9. The number of esters is 1. The van der Waals surface area contributed by atoms with Crippen molar-refractivity contribution in [2.24, 2.45) is 5.92 Å². The van der Waals surface area contributed by atoms with E-state index < -0.39 is 0 Å². The van der Waals surface area contributed by atoms with Crippen LogP contribution in [0.2, 0.25) is 0 Å². The number of rotatable bonds is 8. The molecule has 0 spiro atoms. The molecule has 30 heavy (non-hydrogen) atoms. The van der Waals surface area contributed by atoms with Crippen molar-refractivity contribution in [1.29, 1.82) is 0 Å². The molecule has 0 N–H and O–H groups in total. The highest BCUT2D eigenvalue weighted by Gasteiger charge is 2.30. The molecular formula is C22H33N3O5. The number of nitrogens with zero attached hydrogens (tertiary/aromatic N) is 3. The summed E-state index contributed by atoms with van der Waals surface area (Å²) in [4.78, 5) is 38.8. The molecule has 8 heteroatoms. The third-order valence-corrected chi connectivity index (χ3v) is 5.69. The molecule has 8 nitrogen and oxygen atoms in total. The Balaban J connectivity index is 2.34. The van der Waals surface area contributed by atoms with Crippen LogP contribution in [-0.2, 0) is 14.3 Å². The van der Waals surface area contributed by atoms with E-state index in [4.69, 9.17) is 4.74 Å². The van der Waals surface area contributed by atoms with Gasteiger partial charge in [0.15, 0.2) is 0 Å². The molecule has 1 amide bonds. The standard InChI is InChI=1S/C22H33N3O5/c1-15(2)14-24(19-8-10-23(11-9-19)17(4)26)20-7-6-18(13-21(20)25(28)29)16(3)12-22(27)30-5/h6-7,13,15-16,19H,8-12,14H2,1-5H3/t16-/m1/s1. The Morgan fingerprint density at radius 3 is 2.40 bits per heavy atom. The highest BCUT2D eigenvalue weighted by molar-refractivity contribution is 5.73. The molecular weight excluding hydrogens is 386 g/mol. The van der Waals surface area contributed by atoms with E-state index in [0.29, 0.717) is 31.2 Å². The highest BCUT2D eigenvalue weighted by atomic mass is 16.6. The fourth-order valence-corrected chi connectivity index (χ4v) is 4.02. The molecule has 0 aliphatic carbocycles. The monoisotopic (exact) mass is 419 g/mol. The fraction of sp³-hybridized carbons (Fsp3) is 0.636. The number of nitro benzene ring substituents is 1. The minimum Gasteiger partial charge on any atom is -0.469 e. The number of likely N-dealkylation sites (tertiary alicyclic amines) is 1. The number of hydrogen-bond acceptors (Lipinski definition) is 6. The number of piperidine rings is 1. The first kappa shape index (κ1) is 23.6. The van der Waals surface area contributed by atoms with Crippen LogP contribution in [-0.4, -0.2) is 54.5 Å². The predicted octanol–water partition coefficient (Wildman–Crippen LogP) is 3.73. The summed E-state index contributed by atoms with van der Waals surface area (Å²) in [7, 11) is 1.34. The van der Waals surface area contributed by atoms with E-state index in [1.54, 1.807) is 19.1 Å². The summed E-state index contributed by atoms with van der Waals surface area (Å²) in [6.45, 7) is 9.65. The predicted molar refractivity (Wildman–Crippen MR) is 116 cm³/mol. The number of ether oxygens (including phenoxy) is 1. The molecule has 0 radical (unpaired) electrons. The number of nitro groups is 1.